The van der Waals surface area contributed by atoms with Gasteiger partial charge in [0, 0.05) is 4.91 Å². The van der Waals surface area contributed by atoms with Gasteiger partial charge in [0.15, 0.2) is 0 Å². The average molecular weight is 281 g/mol. The number of allylic oxidation sites excluding steroid dienone is 3. The first-order valence-electron chi connectivity index (χ1n) is 6.30. The van der Waals surface area contributed by atoms with Crippen molar-refractivity contribution in [3.63, 3.8) is 0 Å². The van der Waals surface area contributed by atoms with Gasteiger partial charge in [-0.05, 0) is 38.2 Å². The number of nitrogens with one attached hydrogen (secondary N) is 1. The van der Waals surface area contributed by atoms with Gasteiger partial charge < -0.3 is 5.32 Å². The van der Waals surface area contributed by atoms with Gasteiger partial charge in [0.2, 0.25) is 9.84 Å². The van der Waals surface area contributed by atoms with Gasteiger partial charge in [0.25, 0.3) is 0 Å². The van der Waals surface area contributed by atoms with E-state index in [2.05, 4.69) is 25.7 Å². The van der Waals surface area contributed by atoms with E-state index in [1.165, 1.54) is 12.2 Å². The Bertz CT molecular complexity index is 488. The highest BCUT2D eigenvalue weighted by Gasteiger charge is 2.14. The van der Waals surface area contributed by atoms with Crippen molar-refractivity contribution in [1.82, 2.24) is 5.32 Å². The molecule has 3 nitrogen and oxygen atoms in total. The van der Waals surface area contributed by atoms with Crippen molar-refractivity contribution in [3.05, 3.63) is 54.0 Å². The Morgan fingerprint density at radius 1 is 1.21 bits per heavy atom. The highest BCUT2D eigenvalue weighted by Crippen LogP contribution is 2.17. The maximum absolute atomic E-state index is 11.8. The lowest BCUT2D eigenvalue weighted by molar-refractivity contribution is 0.602. The van der Waals surface area contributed by atoms with Crippen LogP contribution in [0, 0.1) is 0 Å². The second kappa shape index (κ2) is 9.53. The van der Waals surface area contributed by atoms with Crippen LogP contribution in [0.3, 0.4) is 0 Å². The smallest absolute Gasteiger partial charge is 0.202 e. The molecule has 1 rings (SSSR count). The van der Waals surface area contributed by atoms with Crippen LogP contribution in [0.2, 0.25) is 0 Å². The predicted molar refractivity (Wildman–Crippen MR) is 81.8 cm³/mol. The minimum absolute atomic E-state index is 0.304. The molecule has 0 aromatic heterocycles. The summed E-state index contributed by atoms with van der Waals surface area (Å²) >= 11 is 0. The molecule has 0 spiro atoms. The maximum atomic E-state index is 11.8. The quantitative estimate of drug-likeness (QED) is 0.843. The number of sulfone groups is 1. The summed E-state index contributed by atoms with van der Waals surface area (Å²) in [7, 11) is -3.31. The van der Waals surface area contributed by atoms with E-state index in [9.17, 15) is 8.42 Å². The summed E-state index contributed by atoms with van der Waals surface area (Å²) < 4.78 is 23.6. The predicted octanol–water partition coefficient (Wildman–Crippen LogP) is 3.17. The molecule has 4 heteroatoms. The summed E-state index contributed by atoms with van der Waals surface area (Å²) in [4.78, 5) is 0.620. The van der Waals surface area contributed by atoms with Gasteiger partial charge >= 0.3 is 0 Å². The zero-order valence-electron chi connectivity index (χ0n) is 11.9. The van der Waals surface area contributed by atoms with Crippen LogP contribution in [0.1, 0.15) is 20.8 Å². The van der Waals surface area contributed by atoms with Crippen LogP contribution < -0.4 is 5.32 Å². The van der Waals surface area contributed by atoms with E-state index in [1.807, 2.05) is 0 Å². The number of rotatable bonds is 5. The van der Waals surface area contributed by atoms with Gasteiger partial charge in [-0.25, -0.2) is 8.42 Å². The third-order valence-corrected chi connectivity index (χ3v) is 4.21. The van der Waals surface area contributed by atoms with Crippen molar-refractivity contribution in [2.45, 2.75) is 25.7 Å². The molecule has 106 valence electrons. The first-order chi connectivity index (χ1) is 9.00. The molecule has 0 fully saturated rings. The maximum Gasteiger partial charge on any atom is 0.202 e. The Balaban J connectivity index is 0.000000555. The molecule has 0 atom stereocenters. The van der Waals surface area contributed by atoms with Crippen LogP contribution in [-0.4, -0.2) is 21.5 Å². The number of hydrogen-bond acceptors (Lipinski definition) is 3. The van der Waals surface area contributed by atoms with Crippen LogP contribution >= 0.6 is 0 Å². The molecule has 1 N–H and O–H groups in total. The molecule has 1 aromatic rings. The molecule has 0 aliphatic heterocycles. The van der Waals surface area contributed by atoms with Gasteiger partial charge in [-0.2, -0.15) is 0 Å². The van der Waals surface area contributed by atoms with Crippen molar-refractivity contribution in [2.75, 3.05) is 13.1 Å². The fraction of sp³-hybridized carbons (Fsp3) is 0.333. The minimum Gasteiger partial charge on any atom is -0.317 e. The van der Waals surface area contributed by atoms with Gasteiger partial charge in [-0.1, -0.05) is 44.7 Å². The number of hydrogen-bond donors (Lipinski definition) is 1. The van der Waals surface area contributed by atoms with Crippen LogP contribution in [0.15, 0.2) is 58.9 Å². The molecule has 0 saturated carbocycles. The summed E-state index contributed by atoms with van der Waals surface area (Å²) in [6.45, 7) is 11.4. The van der Waals surface area contributed by atoms with Crippen molar-refractivity contribution < 1.29 is 8.42 Å². The van der Waals surface area contributed by atoms with E-state index in [-0.39, 0.29) is 0 Å². The van der Waals surface area contributed by atoms with E-state index < -0.39 is 9.84 Å². The normalized spacial score (nSPS) is 11.4. The summed E-state index contributed by atoms with van der Waals surface area (Å²) in [5, 5.41) is 3.11. The topological polar surface area (TPSA) is 46.2 Å². The van der Waals surface area contributed by atoms with Crippen LogP contribution in [0.25, 0.3) is 0 Å². The summed E-state index contributed by atoms with van der Waals surface area (Å²) in [6.07, 6.45) is 2.96. The zero-order valence-corrected chi connectivity index (χ0v) is 12.7. The van der Waals surface area contributed by atoms with E-state index in [0.29, 0.717) is 9.80 Å². The third-order valence-electron chi connectivity index (χ3n) is 2.33. The van der Waals surface area contributed by atoms with Gasteiger partial charge in [-0.3, -0.25) is 0 Å². The first-order valence-corrected chi connectivity index (χ1v) is 7.79. The summed E-state index contributed by atoms with van der Waals surface area (Å²) in [6, 6.07) is 8.35. The van der Waals surface area contributed by atoms with Crippen molar-refractivity contribution >= 4 is 9.84 Å². The van der Waals surface area contributed by atoms with E-state index in [0.717, 1.165) is 13.1 Å². The highest BCUT2D eigenvalue weighted by atomic mass is 32.2. The molecule has 1 aromatic carbocycles. The molecule has 0 bridgehead atoms. The lowest BCUT2D eigenvalue weighted by atomic mass is 10.4. The van der Waals surface area contributed by atoms with Gasteiger partial charge in [-0.15, -0.1) is 0 Å². The third kappa shape index (κ3) is 6.36. The fourth-order valence-corrected chi connectivity index (χ4v) is 2.45. The Morgan fingerprint density at radius 3 is 2.11 bits per heavy atom. The van der Waals surface area contributed by atoms with Crippen molar-refractivity contribution in [1.29, 1.82) is 0 Å². The monoisotopic (exact) mass is 281 g/mol. The SMILES string of the molecule is C=CC=C(C)S(=O)(=O)c1ccccc1.CCNCC. The first kappa shape index (κ1) is 17.6. The Hall–Kier alpha value is -1.39. The number of benzene rings is 1. The average Bonchev–Trinajstić information content (AvgIpc) is 2.41. The lowest BCUT2D eigenvalue weighted by Crippen LogP contribution is -2.09. The molecule has 0 unspecified atom stereocenters. The second-order valence-electron chi connectivity index (χ2n) is 3.79. The lowest BCUT2D eigenvalue weighted by Gasteiger charge is -2.02. The van der Waals surface area contributed by atoms with Crippen LogP contribution in [0.5, 0.6) is 0 Å². The Kier molecular flexibility index (Phi) is 8.83. The van der Waals surface area contributed by atoms with Crippen molar-refractivity contribution in [3.8, 4) is 0 Å². The van der Waals surface area contributed by atoms with Crippen LogP contribution in [0.4, 0.5) is 0 Å². The largest absolute Gasteiger partial charge is 0.317 e. The van der Waals surface area contributed by atoms with E-state index in [1.54, 1.807) is 37.3 Å². The molecule has 0 aliphatic rings. The Morgan fingerprint density at radius 2 is 1.74 bits per heavy atom. The summed E-state index contributed by atoms with van der Waals surface area (Å²) in [5.41, 5.74) is 0. The highest BCUT2D eigenvalue weighted by molar-refractivity contribution is 7.95. The van der Waals surface area contributed by atoms with Crippen LogP contribution in [-0.2, 0) is 9.84 Å². The minimum atomic E-state index is -3.31. The molecule has 0 amide bonds. The van der Waals surface area contributed by atoms with Gasteiger partial charge in [0.1, 0.15) is 0 Å². The fourth-order valence-electron chi connectivity index (χ4n) is 1.29. The molecule has 0 radical (unpaired) electrons. The Labute approximate surface area is 117 Å². The van der Waals surface area contributed by atoms with Crippen molar-refractivity contribution in [2.24, 2.45) is 0 Å². The molecule has 19 heavy (non-hydrogen) atoms. The molecular weight excluding hydrogens is 258 g/mol. The van der Waals surface area contributed by atoms with Gasteiger partial charge in [0.05, 0.1) is 4.90 Å². The second-order valence-corrected chi connectivity index (χ2v) is 5.91. The zero-order chi connectivity index (χ0) is 14.7. The summed E-state index contributed by atoms with van der Waals surface area (Å²) in [5.74, 6) is 0. The standard InChI is InChI=1S/C11H12O2S.C4H11N/c1-3-7-10(2)14(12,13)11-8-5-4-6-9-11;1-3-5-4-2/h3-9H,1H2,2H3;5H,3-4H2,1-2H3. The molecular formula is C15H23NO2S. The molecule has 0 heterocycles. The molecule has 0 saturated heterocycles. The molecule has 0 aliphatic carbocycles. The van der Waals surface area contributed by atoms with E-state index in [4.69, 9.17) is 0 Å². The van der Waals surface area contributed by atoms with E-state index >= 15 is 0 Å².